The van der Waals surface area contributed by atoms with Crippen LogP contribution >= 0.6 is 11.8 Å². The molecule has 276 valence electrons. The number of hydrogen-bond acceptors (Lipinski definition) is 11. The third kappa shape index (κ3) is 6.96. The molecule has 0 saturated heterocycles. The third-order valence-corrected chi connectivity index (χ3v) is 10.3. The van der Waals surface area contributed by atoms with Gasteiger partial charge in [-0.15, -0.1) is 0 Å². The number of fused-ring (bicyclic) bond motifs is 3. The molecule has 0 spiro atoms. The molecule has 4 heterocycles. The average molecular weight is 748 g/mol. The lowest BCUT2D eigenvalue weighted by atomic mass is 10.1. The van der Waals surface area contributed by atoms with Crippen LogP contribution in [0.25, 0.3) is 0 Å². The van der Waals surface area contributed by atoms with Crippen molar-refractivity contribution in [3.8, 4) is 11.8 Å². The molecule has 6 amide bonds. The predicted molar refractivity (Wildman–Crippen MR) is 197 cm³/mol. The van der Waals surface area contributed by atoms with E-state index in [-0.39, 0.29) is 74.2 Å². The zero-order chi connectivity index (χ0) is 37.9. The number of ether oxygens (including phenoxy) is 2. The van der Waals surface area contributed by atoms with Gasteiger partial charge in [0, 0.05) is 25.4 Å². The van der Waals surface area contributed by atoms with Crippen molar-refractivity contribution < 1.29 is 38.2 Å². The summed E-state index contributed by atoms with van der Waals surface area (Å²) in [6, 6.07) is 20.2. The number of amides is 6. The van der Waals surface area contributed by atoms with Gasteiger partial charge in [-0.25, -0.2) is 0 Å². The van der Waals surface area contributed by atoms with Gasteiger partial charge in [-0.3, -0.25) is 43.5 Å². The molecule has 3 aliphatic heterocycles. The first-order valence-corrected chi connectivity index (χ1v) is 18.8. The summed E-state index contributed by atoms with van der Waals surface area (Å²) in [7, 11) is 0. The van der Waals surface area contributed by atoms with E-state index in [0.717, 1.165) is 0 Å². The molecule has 0 bridgehead atoms. The van der Waals surface area contributed by atoms with Crippen molar-refractivity contribution in [1.29, 1.82) is 0 Å². The van der Waals surface area contributed by atoms with E-state index in [2.05, 4.69) is 0 Å². The summed E-state index contributed by atoms with van der Waals surface area (Å²) in [5, 5.41) is 0.354. The lowest BCUT2D eigenvalue weighted by Gasteiger charge is -2.19. The fourth-order valence-corrected chi connectivity index (χ4v) is 7.44. The maximum absolute atomic E-state index is 12.9. The topological polar surface area (TPSA) is 156 Å². The van der Waals surface area contributed by atoms with E-state index in [4.69, 9.17) is 19.4 Å². The van der Waals surface area contributed by atoms with Gasteiger partial charge in [0.2, 0.25) is 11.8 Å². The molecule has 0 aliphatic carbocycles. The van der Waals surface area contributed by atoms with Gasteiger partial charge in [-0.05, 0) is 61.6 Å². The number of benzene rings is 3. The highest BCUT2D eigenvalue weighted by Gasteiger charge is 2.37. The van der Waals surface area contributed by atoms with Crippen LogP contribution in [-0.4, -0.2) is 98.7 Å². The van der Waals surface area contributed by atoms with Crippen LogP contribution in [0.2, 0.25) is 0 Å². The molecule has 0 radical (unpaired) electrons. The Bertz CT molecular complexity index is 1980. The van der Waals surface area contributed by atoms with Crippen LogP contribution in [0.4, 0.5) is 0 Å². The number of aromatic nitrogens is 2. The monoisotopic (exact) mass is 747 g/mol. The third-order valence-electron chi connectivity index (χ3n) is 9.35. The standard InChI is InChI=1S/C40H37N5O8S/c1-24(2)31-32(52-21-9-18-43-34(46)25-12-3-4-13-26(25)35(43)47)41-40(54-23-11-20-45-38(50)29-16-7-8-17-30(29)39(45)51)42-33(31)53-22-10-19-44-36(48)27-14-5-6-15-28(27)37(44)49/h3-8,12-17,24H,9-11,18-23H2,1-2H3. The van der Waals surface area contributed by atoms with Gasteiger partial charge in [-0.2, -0.15) is 9.97 Å². The number of carbonyl (C=O) groups excluding carboxylic acids is 6. The zero-order valence-corrected chi connectivity index (χ0v) is 30.6. The van der Waals surface area contributed by atoms with Crippen molar-refractivity contribution in [3.63, 3.8) is 0 Å². The summed E-state index contributed by atoms with van der Waals surface area (Å²) < 4.78 is 12.4. The van der Waals surface area contributed by atoms with Crippen LogP contribution in [0.5, 0.6) is 11.8 Å². The fourth-order valence-electron chi connectivity index (χ4n) is 6.68. The second kappa shape index (κ2) is 15.6. The molecular formula is C40H37N5O8S. The van der Waals surface area contributed by atoms with Gasteiger partial charge < -0.3 is 9.47 Å². The molecule has 4 aromatic rings. The molecule has 3 aliphatic rings. The number of carbonyl (C=O) groups is 6. The minimum Gasteiger partial charge on any atom is -0.477 e. The van der Waals surface area contributed by atoms with Crippen LogP contribution in [0.1, 0.15) is 107 Å². The molecule has 7 rings (SSSR count). The fraction of sp³-hybridized carbons (Fsp3) is 0.300. The van der Waals surface area contributed by atoms with Crippen molar-refractivity contribution in [3.05, 3.63) is 112 Å². The van der Waals surface area contributed by atoms with Gasteiger partial charge >= 0.3 is 0 Å². The van der Waals surface area contributed by atoms with Crippen molar-refractivity contribution in [2.45, 2.75) is 44.2 Å². The second-order valence-electron chi connectivity index (χ2n) is 13.2. The van der Waals surface area contributed by atoms with Gasteiger partial charge in [-0.1, -0.05) is 62.0 Å². The van der Waals surface area contributed by atoms with Crippen molar-refractivity contribution in [2.75, 3.05) is 38.6 Å². The van der Waals surface area contributed by atoms with E-state index in [1.807, 2.05) is 13.8 Å². The Morgan fingerprint density at radius 2 is 0.833 bits per heavy atom. The molecule has 54 heavy (non-hydrogen) atoms. The first-order chi connectivity index (χ1) is 26.2. The SMILES string of the molecule is CC(C)c1c(OCCCN2C(=O)c3ccccc3C2=O)nc(SCCCN2C(=O)c3ccccc3C2=O)nc1OCCCN1C(=O)c2ccccc2C1=O. The maximum atomic E-state index is 12.9. The van der Waals surface area contributed by atoms with E-state index in [1.54, 1.807) is 72.8 Å². The normalized spacial score (nSPS) is 14.8. The maximum Gasteiger partial charge on any atom is 0.261 e. The van der Waals surface area contributed by atoms with E-state index < -0.39 is 0 Å². The highest BCUT2D eigenvalue weighted by Crippen LogP contribution is 2.35. The molecule has 0 N–H and O–H groups in total. The van der Waals surface area contributed by atoms with Crippen LogP contribution in [-0.2, 0) is 0 Å². The largest absolute Gasteiger partial charge is 0.477 e. The Hall–Kier alpha value is -5.89. The van der Waals surface area contributed by atoms with Gasteiger partial charge in [0.25, 0.3) is 35.4 Å². The number of nitrogens with zero attached hydrogens (tertiary/aromatic N) is 5. The Labute approximate surface area is 315 Å². The first kappa shape index (κ1) is 36.5. The molecule has 1 aromatic heterocycles. The molecule has 3 aromatic carbocycles. The zero-order valence-electron chi connectivity index (χ0n) is 29.8. The van der Waals surface area contributed by atoms with Crippen molar-refractivity contribution in [1.82, 2.24) is 24.7 Å². The van der Waals surface area contributed by atoms with Crippen LogP contribution in [0.3, 0.4) is 0 Å². The molecule has 0 atom stereocenters. The van der Waals surface area contributed by atoms with Crippen LogP contribution < -0.4 is 9.47 Å². The number of rotatable bonds is 16. The Balaban J connectivity index is 1.02. The minimum atomic E-state index is -0.336. The molecule has 14 heteroatoms. The summed E-state index contributed by atoms with van der Waals surface area (Å²) >= 11 is 1.32. The quantitative estimate of drug-likeness (QED) is 0.0617. The Kier molecular flexibility index (Phi) is 10.5. The molecular weight excluding hydrogens is 711 g/mol. The highest BCUT2D eigenvalue weighted by molar-refractivity contribution is 7.99. The molecule has 0 fully saturated rings. The van der Waals surface area contributed by atoms with E-state index in [1.165, 1.54) is 26.5 Å². The highest BCUT2D eigenvalue weighted by atomic mass is 32.2. The van der Waals surface area contributed by atoms with E-state index in [0.29, 0.717) is 80.9 Å². The summed E-state index contributed by atoms with van der Waals surface area (Å²) in [5.74, 6) is -1.04. The number of thioether (sulfide) groups is 1. The van der Waals surface area contributed by atoms with E-state index >= 15 is 0 Å². The molecule has 0 saturated carbocycles. The first-order valence-electron chi connectivity index (χ1n) is 17.8. The summed E-state index contributed by atoms with van der Waals surface area (Å²) in [6.07, 6.45) is 1.19. The van der Waals surface area contributed by atoms with Crippen molar-refractivity contribution >= 4 is 47.2 Å². The van der Waals surface area contributed by atoms with Crippen molar-refractivity contribution in [2.24, 2.45) is 0 Å². The lowest BCUT2D eigenvalue weighted by Crippen LogP contribution is -2.31. The van der Waals surface area contributed by atoms with Gasteiger partial charge in [0.15, 0.2) is 5.16 Å². The lowest BCUT2D eigenvalue weighted by molar-refractivity contribution is 0.0631. The van der Waals surface area contributed by atoms with Gasteiger partial charge in [0.1, 0.15) is 0 Å². The summed E-state index contributed by atoms with van der Waals surface area (Å²) in [6.45, 7) is 4.74. The molecule has 13 nitrogen and oxygen atoms in total. The smallest absolute Gasteiger partial charge is 0.261 e. The average Bonchev–Trinajstić information content (AvgIpc) is 3.68. The van der Waals surface area contributed by atoms with E-state index in [9.17, 15) is 28.8 Å². The molecule has 0 unspecified atom stereocenters. The van der Waals surface area contributed by atoms with Gasteiger partial charge in [0.05, 0.1) is 52.2 Å². The number of hydrogen-bond donors (Lipinski definition) is 0. The minimum absolute atomic E-state index is 0.129. The Morgan fingerprint density at radius 3 is 1.15 bits per heavy atom. The predicted octanol–water partition coefficient (Wildman–Crippen LogP) is 5.51. The second-order valence-corrected chi connectivity index (χ2v) is 14.3. The Morgan fingerprint density at radius 1 is 0.519 bits per heavy atom. The summed E-state index contributed by atoms with van der Waals surface area (Å²) in [4.78, 5) is 90.2. The summed E-state index contributed by atoms with van der Waals surface area (Å²) in [5.41, 5.74) is 2.96. The number of imide groups is 3. The van der Waals surface area contributed by atoms with Crippen LogP contribution in [0, 0.1) is 0 Å². The van der Waals surface area contributed by atoms with Crippen LogP contribution in [0.15, 0.2) is 78.0 Å².